The summed E-state index contributed by atoms with van der Waals surface area (Å²) in [6.07, 6.45) is 1.22. The normalized spacial score (nSPS) is 12.7. The molecule has 0 spiro atoms. The first kappa shape index (κ1) is 16.3. The molecule has 1 atom stereocenters. The maximum atomic E-state index is 14.0. The van der Waals surface area contributed by atoms with Gasteiger partial charge in [0.2, 0.25) is 0 Å². The zero-order valence-corrected chi connectivity index (χ0v) is 13.8. The summed E-state index contributed by atoms with van der Waals surface area (Å²) >= 11 is 12.1. The maximum Gasteiger partial charge on any atom is 0.145 e. The number of aromatic nitrogens is 2. The second kappa shape index (κ2) is 6.77. The van der Waals surface area contributed by atoms with Crippen molar-refractivity contribution < 1.29 is 4.39 Å². The molecule has 2 aromatic rings. The molecule has 0 bridgehead atoms. The van der Waals surface area contributed by atoms with E-state index in [0.717, 1.165) is 11.3 Å². The molecular weight excluding hydrogens is 312 g/mol. The topological polar surface area (TPSA) is 29.9 Å². The van der Waals surface area contributed by atoms with E-state index in [1.807, 2.05) is 21.0 Å². The van der Waals surface area contributed by atoms with Crippen LogP contribution in [0.2, 0.25) is 10.2 Å². The molecule has 3 nitrogen and oxygen atoms in total. The number of likely N-dealkylation sites (N-methyl/N-ethyl adjacent to an activating group) is 1. The number of benzene rings is 1. The Morgan fingerprint density at radius 1 is 1.33 bits per heavy atom. The summed E-state index contributed by atoms with van der Waals surface area (Å²) in [4.78, 5) is 0. The van der Waals surface area contributed by atoms with Crippen LogP contribution in [0, 0.1) is 12.7 Å². The van der Waals surface area contributed by atoms with Crippen molar-refractivity contribution >= 4 is 23.2 Å². The molecular formula is C15H18Cl2FN3. The zero-order valence-electron chi connectivity index (χ0n) is 12.3. The van der Waals surface area contributed by atoms with E-state index in [1.54, 1.807) is 22.9 Å². The molecule has 21 heavy (non-hydrogen) atoms. The van der Waals surface area contributed by atoms with Gasteiger partial charge >= 0.3 is 0 Å². The summed E-state index contributed by atoms with van der Waals surface area (Å²) in [7, 11) is 3.66. The molecule has 1 heterocycles. The highest BCUT2D eigenvalue weighted by Gasteiger charge is 2.18. The van der Waals surface area contributed by atoms with E-state index in [4.69, 9.17) is 23.2 Å². The van der Waals surface area contributed by atoms with Gasteiger partial charge in [-0.25, -0.2) is 4.39 Å². The van der Waals surface area contributed by atoms with Crippen LogP contribution >= 0.6 is 23.2 Å². The second-order valence-electron chi connectivity index (χ2n) is 5.09. The Morgan fingerprint density at radius 3 is 2.62 bits per heavy atom. The van der Waals surface area contributed by atoms with Gasteiger partial charge < -0.3 is 5.32 Å². The van der Waals surface area contributed by atoms with Gasteiger partial charge in [-0.2, -0.15) is 5.10 Å². The lowest BCUT2D eigenvalue weighted by Gasteiger charge is -2.17. The summed E-state index contributed by atoms with van der Waals surface area (Å²) in [6, 6.07) is 5.12. The van der Waals surface area contributed by atoms with E-state index < -0.39 is 0 Å². The molecule has 114 valence electrons. The minimum absolute atomic E-state index is 0.0540. The summed E-state index contributed by atoms with van der Waals surface area (Å²) < 4.78 is 15.6. The van der Waals surface area contributed by atoms with Crippen LogP contribution in [0.4, 0.5) is 4.39 Å². The quantitative estimate of drug-likeness (QED) is 0.909. The number of hydrogen-bond acceptors (Lipinski definition) is 2. The van der Waals surface area contributed by atoms with E-state index in [1.165, 1.54) is 0 Å². The summed E-state index contributed by atoms with van der Waals surface area (Å²) in [6.45, 7) is 1.92. The number of nitrogens with one attached hydrogen (secondary N) is 1. The van der Waals surface area contributed by atoms with Gasteiger partial charge in [0.15, 0.2) is 0 Å². The smallest absolute Gasteiger partial charge is 0.145 e. The number of hydrogen-bond donors (Lipinski definition) is 1. The van der Waals surface area contributed by atoms with Crippen molar-refractivity contribution in [2.75, 3.05) is 7.05 Å². The molecule has 0 saturated heterocycles. The lowest BCUT2D eigenvalue weighted by Crippen LogP contribution is -2.30. The average molecular weight is 330 g/mol. The number of nitrogens with zero attached hydrogens (tertiary/aromatic N) is 2. The molecule has 0 aliphatic heterocycles. The third-order valence-corrected chi connectivity index (χ3v) is 4.39. The third-order valence-electron chi connectivity index (χ3n) is 3.63. The van der Waals surface area contributed by atoms with Gasteiger partial charge in [-0.1, -0.05) is 35.3 Å². The number of aryl methyl sites for hydroxylation is 2. The van der Waals surface area contributed by atoms with Crippen LogP contribution in [-0.4, -0.2) is 22.9 Å². The summed E-state index contributed by atoms with van der Waals surface area (Å²) in [5, 5.41) is 8.28. The molecule has 0 amide bonds. The van der Waals surface area contributed by atoms with Gasteiger partial charge in [0.1, 0.15) is 11.0 Å². The van der Waals surface area contributed by atoms with Crippen molar-refractivity contribution in [1.82, 2.24) is 15.1 Å². The zero-order chi connectivity index (χ0) is 15.6. The van der Waals surface area contributed by atoms with Crippen LogP contribution in [0.1, 0.15) is 16.8 Å². The van der Waals surface area contributed by atoms with Crippen molar-refractivity contribution in [3.05, 3.63) is 51.0 Å². The highest BCUT2D eigenvalue weighted by atomic mass is 35.5. The van der Waals surface area contributed by atoms with Crippen LogP contribution in [0.3, 0.4) is 0 Å². The summed E-state index contributed by atoms with van der Waals surface area (Å²) in [5.41, 5.74) is 2.48. The lowest BCUT2D eigenvalue weighted by molar-refractivity contribution is 0.531. The minimum atomic E-state index is -0.353. The van der Waals surface area contributed by atoms with E-state index in [9.17, 15) is 4.39 Å². The molecule has 0 saturated carbocycles. The Labute approximate surface area is 134 Å². The van der Waals surface area contributed by atoms with Crippen LogP contribution in [-0.2, 0) is 19.9 Å². The van der Waals surface area contributed by atoms with Crippen LogP contribution in [0.25, 0.3) is 0 Å². The Balaban J connectivity index is 2.19. The number of halogens is 3. The van der Waals surface area contributed by atoms with E-state index >= 15 is 0 Å². The van der Waals surface area contributed by atoms with E-state index in [0.29, 0.717) is 23.6 Å². The van der Waals surface area contributed by atoms with Crippen LogP contribution < -0.4 is 5.32 Å². The predicted molar refractivity (Wildman–Crippen MR) is 84.6 cm³/mol. The predicted octanol–water partition coefficient (Wildman–Crippen LogP) is 3.55. The molecule has 2 rings (SSSR count). The molecule has 1 aromatic carbocycles. The van der Waals surface area contributed by atoms with Gasteiger partial charge in [0, 0.05) is 18.7 Å². The third kappa shape index (κ3) is 3.57. The van der Waals surface area contributed by atoms with Crippen molar-refractivity contribution in [3.8, 4) is 0 Å². The highest BCUT2D eigenvalue weighted by Crippen LogP contribution is 2.23. The van der Waals surface area contributed by atoms with Crippen molar-refractivity contribution in [1.29, 1.82) is 0 Å². The maximum absolute atomic E-state index is 14.0. The Hall–Kier alpha value is -1.10. The fourth-order valence-corrected chi connectivity index (χ4v) is 2.85. The average Bonchev–Trinajstić information content (AvgIpc) is 2.69. The van der Waals surface area contributed by atoms with E-state index in [2.05, 4.69) is 10.4 Å². The van der Waals surface area contributed by atoms with Gasteiger partial charge in [0.25, 0.3) is 0 Å². The molecule has 0 radical (unpaired) electrons. The molecule has 1 N–H and O–H groups in total. The van der Waals surface area contributed by atoms with Crippen molar-refractivity contribution in [3.63, 3.8) is 0 Å². The Morgan fingerprint density at radius 2 is 2.05 bits per heavy atom. The van der Waals surface area contributed by atoms with Crippen LogP contribution in [0.15, 0.2) is 18.2 Å². The fourth-order valence-electron chi connectivity index (χ4n) is 2.40. The van der Waals surface area contributed by atoms with E-state index in [-0.39, 0.29) is 16.9 Å². The molecule has 6 heteroatoms. The van der Waals surface area contributed by atoms with Crippen LogP contribution in [0.5, 0.6) is 0 Å². The lowest BCUT2D eigenvalue weighted by atomic mass is 9.99. The molecule has 0 aliphatic rings. The fraction of sp³-hybridized carbons (Fsp3) is 0.400. The largest absolute Gasteiger partial charge is 0.316 e. The monoisotopic (exact) mass is 329 g/mol. The second-order valence-corrected chi connectivity index (χ2v) is 5.85. The van der Waals surface area contributed by atoms with Crippen molar-refractivity contribution in [2.45, 2.75) is 25.8 Å². The van der Waals surface area contributed by atoms with Gasteiger partial charge in [-0.05, 0) is 38.4 Å². The first-order valence-corrected chi connectivity index (χ1v) is 7.47. The first-order chi connectivity index (χ1) is 9.93. The Bertz CT molecular complexity index is 640. The van der Waals surface area contributed by atoms with Gasteiger partial charge in [-0.15, -0.1) is 0 Å². The summed E-state index contributed by atoms with van der Waals surface area (Å²) in [5.74, 6) is -0.353. The minimum Gasteiger partial charge on any atom is -0.316 e. The number of rotatable bonds is 5. The van der Waals surface area contributed by atoms with Crippen molar-refractivity contribution in [2.24, 2.45) is 7.05 Å². The Kier molecular flexibility index (Phi) is 5.25. The van der Waals surface area contributed by atoms with Gasteiger partial charge in [0.05, 0.1) is 10.7 Å². The SMILES string of the molecule is CNC(Cc1cccc(Cl)c1F)Cc1c(C)nn(C)c1Cl. The highest BCUT2D eigenvalue weighted by molar-refractivity contribution is 6.31. The van der Waals surface area contributed by atoms with Gasteiger partial charge in [-0.3, -0.25) is 4.68 Å². The standard InChI is InChI=1S/C15H18Cl2FN3/c1-9-12(15(17)21(3)20-9)8-11(19-2)7-10-5-4-6-13(16)14(10)18/h4-6,11,19H,7-8H2,1-3H3. The molecule has 1 unspecified atom stereocenters. The molecule has 0 aliphatic carbocycles. The molecule has 1 aromatic heterocycles. The first-order valence-electron chi connectivity index (χ1n) is 6.72. The molecule has 0 fully saturated rings.